The Balaban J connectivity index is 1.03. The highest BCUT2D eigenvalue weighted by Crippen LogP contribution is 2.48. The summed E-state index contributed by atoms with van der Waals surface area (Å²) >= 11 is 0. The zero-order chi connectivity index (χ0) is 54.9. The van der Waals surface area contributed by atoms with E-state index >= 15 is 0 Å². The van der Waals surface area contributed by atoms with Crippen molar-refractivity contribution in [3.05, 3.63) is 28.8 Å². The molecule has 6 aliphatic rings. The Kier molecular flexibility index (Phi) is 17.3. The number of rotatable bonds is 14. The van der Waals surface area contributed by atoms with Gasteiger partial charge in [0.2, 0.25) is 12.1 Å². The van der Waals surface area contributed by atoms with E-state index in [2.05, 4.69) is 0 Å². The van der Waals surface area contributed by atoms with Gasteiger partial charge in [-0.2, -0.15) is 0 Å². The third-order valence-electron chi connectivity index (χ3n) is 15.7. The predicted octanol–water partition coefficient (Wildman–Crippen LogP) is -0.290. The van der Waals surface area contributed by atoms with Crippen LogP contribution in [0.25, 0.3) is 10.8 Å². The van der Waals surface area contributed by atoms with Crippen LogP contribution in [0.4, 0.5) is 0 Å². The number of ketones is 2. The first-order valence-corrected chi connectivity index (χ1v) is 25.5. The van der Waals surface area contributed by atoms with Crippen LogP contribution in [-0.2, 0) is 58.6 Å². The Hall–Kier alpha value is -3.32. The summed E-state index contributed by atoms with van der Waals surface area (Å²) in [6, 6.07) is 3.06. The summed E-state index contributed by atoms with van der Waals surface area (Å²) in [4.78, 5) is 28.6. The smallest absolute Gasteiger partial charge is 0.217 e. The minimum Gasteiger partial charge on any atom is -0.507 e. The molecule has 5 aliphatic heterocycles. The molecule has 0 aromatic heterocycles. The minimum atomic E-state index is -2.57. The lowest BCUT2D eigenvalue weighted by molar-refractivity contribution is -0.392. The van der Waals surface area contributed by atoms with Crippen LogP contribution in [-0.4, -0.2) is 215 Å². The second-order valence-electron chi connectivity index (χ2n) is 21.4. The molecule has 5 heterocycles. The highest BCUT2D eigenvalue weighted by atomic mass is 16.8. The molecule has 11 N–H and O–H groups in total. The van der Waals surface area contributed by atoms with E-state index in [0.29, 0.717) is 0 Å². The maximum atomic E-state index is 14.9. The van der Waals surface area contributed by atoms with Crippen LogP contribution in [0.1, 0.15) is 102 Å². The molecule has 0 bridgehead atoms. The van der Waals surface area contributed by atoms with Gasteiger partial charge in [0.05, 0.1) is 59.3 Å². The molecule has 2 aromatic carbocycles. The third kappa shape index (κ3) is 11.6. The normalized spacial score (nSPS) is 42.2. The van der Waals surface area contributed by atoms with Gasteiger partial charge in [-0.25, -0.2) is 0 Å². The average molecular weight is 1070 g/mol. The lowest BCUT2D eigenvalue weighted by Gasteiger charge is -2.48. The number of hydrogen-bond donors (Lipinski definition) is 11. The van der Waals surface area contributed by atoms with Gasteiger partial charge in [0.1, 0.15) is 72.2 Å². The number of aliphatic hydroxyl groups excluding tert-OH is 6. The maximum absolute atomic E-state index is 14.9. The molecule has 0 saturated carbocycles. The topological polar surface area (TPSA) is 358 Å². The third-order valence-corrected chi connectivity index (χ3v) is 15.7. The fraction of sp³-hybridized carbons (Fsp3) is 0.765. The van der Waals surface area contributed by atoms with Gasteiger partial charge in [-0.3, -0.25) is 9.59 Å². The summed E-state index contributed by atoms with van der Waals surface area (Å²) in [6.45, 7) is 11.8. The quantitative estimate of drug-likeness (QED) is 0.108. The van der Waals surface area contributed by atoms with Gasteiger partial charge in [-0.1, -0.05) is 0 Å². The Bertz CT molecular complexity index is 2350. The maximum Gasteiger partial charge on any atom is 0.217 e. The molecule has 0 amide bonds. The van der Waals surface area contributed by atoms with Crippen molar-refractivity contribution in [2.24, 2.45) is 5.92 Å². The molecule has 75 heavy (non-hydrogen) atoms. The van der Waals surface area contributed by atoms with E-state index in [0.717, 1.165) is 0 Å². The number of fused-ring (bicyclic) bond motifs is 2. The number of phenols is 2. The number of carbonyl (C=O) groups excluding carboxylic acids is 2. The number of benzene rings is 2. The number of aliphatic hydroxyl groups is 9. The highest BCUT2D eigenvalue weighted by molar-refractivity contribution is 6.11. The summed E-state index contributed by atoms with van der Waals surface area (Å²) in [7, 11) is 1.23. The van der Waals surface area contributed by atoms with Crippen LogP contribution in [0.5, 0.6) is 17.2 Å². The number of phenolic OH excluding ortho intramolecular Hbond substituents is 2. The number of methoxy groups -OCH3 is 1. The van der Waals surface area contributed by atoms with Crippen LogP contribution in [0.2, 0.25) is 0 Å². The fourth-order valence-electron chi connectivity index (χ4n) is 11.2. The zero-order valence-electron chi connectivity index (χ0n) is 43.3. The lowest BCUT2D eigenvalue weighted by atomic mass is 9.75. The van der Waals surface area contributed by atoms with Crippen LogP contribution < -0.4 is 4.74 Å². The second kappa shape index (κ2) is 22.4. The van der Waals surface area contributed by atoms with Gasteiger partial charge < -0.3 is 108 Å². The molecule has 24 nitrogen and oxygen atoms in total. The Morgan fingerprint density at radius 2 is 1.28 bits per heavy atom. The van der Waals surface area contributed by atoms with E-state index in [9.17, 15) is 65.8 Å². The Morgan fingerprint density at radius 3 is 1.87 bits per heavy atom. The molecule has 20 unspecified atom stereocenters. The summed E-state index contributed by atoms with van der Waals surface area (Å²) < 4.78 is 66.0. The summed E-state index contributed by atoms with van der Waals surface area (Å²) in [6.07, 6.45) is -25.5. The van der Waals surface area contributed by atoms with Crippen molar-refractivity contribution < 1.29 is 118 Å². The SMILES string of the molecule is CO[C@H](C(=O)C(C)O)[C@@H]1Cc2cc3cc(OC4CC(OC5CC(O)C(O)C(C)O5)C(O)C(C)O4)c(C)c(O)c3c(O)c2C(=O)[C@H]1OC1CC(OC2CC(OC3CC(C)(O)C(O)C(C)O3)C(O)(O)C(C)O2)C(O)C(C)O1. The zero-order valence-corrected chi connectivity index (χ0v) is 43.3. The van der Waals surface area contributed by atoms with Crippen molar-refractivity contribution in [2.75, 3.05) is 7.11 Å². The number of aromatic hydroxyl groups is 2. The standard InChI is InChI=1S/C51H74O24/c1-18-29(71-34-14-30(43(57)21(4)67-34)72-33-13-28(53)42(56)20(3)66-33)12-26-10-25-11-27(47(65-9)41(55)19(2)52)48(46(60)39(25)45(59)38(26)40(18)54)75-35-15-31(44(58)22(5)68-35)73-36-16-32(51(63,64)24(7)70-36)74-37-17-50(8,62)49(61)23(6)69-37/h10,12,19-24,27-28,30-37,42-44,47-49,52-54,56-59,61-64H,11,13-17H2,1-9H3/t19?,20?,21?,22?,23?,24?,27-,28?,30?,31?,32?,33?,34?,35?,36?,37?,42?,43?,44?,47-,48-,49?,50?/m0/s1. The van der Waals surface area contributed by atoms with Crippen LogP contribution in [0.3, 0.4) is 0 Å². The van der Waals surface area contributed by atoms with E-state index in [1.807, 2.05) is 0 Å². The summed E-state index contributed by atoms with van der Waals surface area (Å²) in [5.41, 5.74) is -1.49. The molecule has 5 fully saturated rings. The molecule has 23 atom stereocenters. The van der Waals surface area contributed by atoms with E-state index in [1.165, 1.54) is 54.7 Å². The lowest BCUT2D eigenvalue weighted by Crippen LogP contribution is -2.63. The van der Waals surface area contributed by atoms with E-state index in [-0.39, 0.29) is 71.7 Å². The summed E-state index contributed by atoms with van der Waals surface area (Å²) in [5.74, 6) is -6.29. The summed E-state index contributed by atoms with van der Waals surface area (Å²) in [5, 5.41) is 121. The Labute approximate surface area is 432 Å². The van der Waals surface area contributed by atoms with Gasteiger partial charge in [-0.05, 0) is 84.9 Å². The molecule has 2 aromatic rings. The van der Waals surface area contributed by atoms with Gasteiger partial charge in [0.15, 0.2) is 36.7 Å². The van der Waals surface area contributed by atoms with Crippen molar-refractivity contribution >= 4 is 22.3 Å². The average Bonchev–Trinajstić information content (AvgIpc) is 3.32. The fourth-order valence-corrected chi connectivity index (χ4v) is 11.2. The van der Waals surface area contributed by atoms with Crippen molar-refractivity contribution in [1.29, 1.82) is 0 Å². The van der Waals surface area contributed by atoms with E-state index < -0.39 is 169 Å². The minimum absolute atomic E-state index is 0.0276. The molecular weight excluding hydrogens is 997 g/mol. The molecule has 1 aliphatic carbocycles. The predicted molar refractivity (Wildman–Crippen MR) is 254 cm³/mol. The van der Waals surface area contributed by atoms with Gasteiger partial charge >= 0.3 is 0 Å². The van der Waals surface area contributed by atoms with E-state index in [1.54, 1.807) is 19.9 Å². The first kappa shape index (κ1) is 57.8. The van der Waals surface area contributed by atoms with E-state index in [4.69, 9.17) is 52.1 Å². The first-order chi connectivity index (χ1) is 35.1. The highest BCUT2D eigenvalue weighted by Gasteiger charge is 2.54. The molecule has 8 rings (SSSR count). The van der Waals surface area contributed by atoms with Crippen LogP contribution in [0, 0.1) is 12.8 Å². The number of ether oxygens (including phenoxy) is 11. The largest absolute Gasteiger partial charge is 0.507 e. The van der Waals surface area contributed by atoms with Gasteiger partial charge in [0.25, 0.3) is 0 Å². The molecule has 422 valence electrons. The van der Waals surface area contributed by atoms with Crippen molar-refractivity contribution in [3.8, 4) is 17.2 Å². The van der Waals surface area contributed by atoms with Crippen LogP contribution in [0.15, 0.2) is 12.1 Å². The van der Waals surface area contributed by atoms with Gasteiger partial charge in [0, 0.05) is 50.7 Å². The number of hydrogen-bond acceptors (Lipinski definition) is 24. The van der Waals surface area contributed by atoms with Crippen molar-refractivity contribution in [3.63, 3.8) is 0 Å². The van der Waals surface area contributed by atoms with Crippen molar-refractivity contribution in [2.45, 2.75) is 234 Å². The molecular formula is C51H74O24. The van der Waals surface area contributed by atoms with Crippen LogP contribution >= 0.6 is 0 Å². The first-order valence-electron chi connectivity index (χ1n) is 25.5. The monoisotopic (exact) mass is 1070 g/mol. The number of carbonyl (C=O) groups is 2. The van der Waals surface area contributed by atoms with Gasteiger partial charge in [-0.15, -0.1) is 0 Å². The Morgan fingerprint density at radius 1 is 0.720 bits per heavy atom. The van der Waals surface area contributed by atoms with Crippen molar-refractivity contribution in [1.82, 2.24) is 0 Å². The molecule has 24 heteroatoms. The molecule has 5 saturated heterocycles. The number of Topliss-reactive ketones (excluding diaryl/α,β-unsaturated/α-hetero) is 2. The second-order valence-corrected chi connectivity index (χ2v) is 21.4. The molecule has 0 radical (unpaired) electrons. The molecule has 0 spiro atoms.